The Bertz CT molecular complexity index is 851. The molecule has 0 aliphatic heterocycles. The van der Waals surface area contributed by atoms with Crippen molar-refractivity contribution >= 4 is 17.5 Å². The number of rotatable bonds is 4. The zero-order chi connectivity index (χ0) is 17.1. The number of hydrogen-bond acceptors (Lipinski definition) is 5. The highest BCUT2D eigenvalue weighted by molar-refractivity contribution is 6.01. The SMILES string of the molecule is CC(C)n1nnnc1-c1ccccc1NC(=O)Nc1ccn(C)n1. The maximum absolute atomic E-state index is 12.2. The van der Waals surface area contributed by atoms with Gasteiger partial charge >= 0.3 is 6.03 Å². The van der Waals surface area contributed by atoms with E-state index in [0.29, 0.717) is 17.3 Å². The molecule has 1 aromatic carbocycles. The fourth-order valence-corrected chi connectivity index (χ4v) is 2.26. The Labute approximate surface area is 138 Å². The van der Waals surface area contributed by atoms with Gasteiger partial charge in [0.15, 0.2) is 11.6 Å². The minimum atomic E-state index is -0.385. The molecule has 0 fully saturated rings. The number of aromatic nitrogens is 6. The molecule has 2 heterocycles. The topological polar surface area (TPSA) is 103 Å². The number of hydrogen-bond donors (Lipinski definition) is 2. The first kappa shape index (κ1) is 15.7. The summed E-state index contributed by atoms with van der Waals surface area (Å²) in [6.07, 6.45) is 1.75. The predicted molar refractivity (Wildman–Crippen MR) is 89.5 cm³/mol. The second-order valence-corrected chi connectivity index (χ2v) is 5.54. The van der Waals surface area contributed by atoms with Crippen molar-refractivity contribution in [1.82, 2.24) is 30.0 Å². The third-order valence-corrected chi connectivity index (χ3v) is 3.35. The van der Waals surface area contributed by atoms with Crippen molar-refractivity contribution < 1.29 is 4.79 Å². The maximum atomic E-state index is 12.2. The van der Waals surface area contributed by atoms with E-state index in [1.165, 1.54) is 0 Å². The van der Waals surface area contributed by atoms with Crippen LogP contribution in [0, 0.1) is 0 Å². The summed E-state index contributed by atoms with van der Waals surface area (Å²) in [5, 5.41) is 21.4. The Morgan fingerprint density at radius 2 is 1.96 bits per heavy atom. The molecular formula is C15H18N8O. The van der Waals surface area contributed by atoms with Gasteiger partial charge in [0.25, 0.3) is 0 Å². The number of tetrazole rings is 1. The highest BCUT2D eigenvalue weighted by atomic mass is 16.2. The number of nitrogens with zero attached hydrogens (tertiary/aromatic N) is 6. The summed E-state index contributed by atoms with van der Waals surface area (Å²) < 4.78 is 3.32. The number of aryl methyl sites for hydroxylation is 1. The first-order valence-electron chi connectivity index (χ1n) is 7.49. The Hall–Kier alpha value is -3.23. The van der Waals surface area contributed by atoms with Crippen LogP contribution in [0.25, 0.3) is 11.4 Å². The zero-order valence-electron chi connectivity index (χ0n) is 13.6. The van der Waals surface area contributed by atoms with Gasteiger partial charge in [-0.25, -0.2) is 9.48 Å². The predicted octanol–water partition coefficient (Wildman–Crippen LogP) is 2.30. The minimum absolute atomic E-state index is 0.102. The molecule has 0 aliphatic carbocycles. The van der Waals surface area contributed by atoms with Crippen molar-refractivity contribution in [1.29, 1.82) is 0 Å². The van der Waals surface area contributed by atoms with E-state index < -0.39 is 0 Å². The molecule has 0 bridgehead atoms. The summed E-state index contributed by atoms with van der Waals surface area (Å²) >= 11 is 0. The molecule has 0 saturated carbocycles. The fraction of sp³-hybridized carbons (Fsp3) is 0.267. The van der Waals surface area contributed by atoms with Crippen LogP contribution < -0.4 is 10.6 Å². The normalized spacial score (nSPS) is 10.8. The number of carbonyl (C=O) groups excluding carboxylic acids is 1. The minimum Gasteiger partial charge on any atom is -0.307 e. The molecule has 9 heteroatoms. The molecule has 2 aromatic heterocycles. The average molecular weight is 326 g/mol. The molecule has 9 nitrogen and oxygen atoms in total. The standard InChI is InChI=1S/C15H18N8O/c1-10(2)23-14(18-20-21-23)11-6-4-5-7-12(11)16-15(24)17-13-8-9-22(3)19-13/h4-10H,1-3H3,(H2,16,17,19,24). The van der Waals surface area contributed by atoms with Crippen LogP contribution in [0.3, 0.4) is 0 Å². The number of carbonyl (C=O) groups is 1. The van der Waals surface area contributed by atoms with Crippen LogP contribution >= 0.6 is 0 Å². The van der Waals surface area contributed by atoms with Crippen molar-refractivity contribution in [3.8, 4) is 11.4 Å². The van der Waals surface area contributed by atoms with E-state index in [-0.39, 0.29) is 12.1 Å². The molecule has 0 spiro atoms. The highest BCUT2D eigenvalue weighted by Crippen LogP contribution is 2.27. The third-order valence-electron chi connectivity index (χ3n) is 3.35. The molecule has 0 saturated heterocycles. The monoisotopic (exact) mass is 326 g/mol. The van der Waals surface area contributed by atoms with Crippen LogP contribution in [-0.2, 0) is 7.05 Å². The van der Waals surface area contributed by atoms with Crippen molar-refractivity contribution in [2.75, 3.05) is 10.6 Å². The smallest absolute Gasteiger partial charge is 0.307 e. The Balaban J connectivity index is 1.84. The summed E-state index contributed by atoms with van der Waals surface area (Å²) in [4.78, 5) is 12.2. The van der Waals surface area contributed by atoms with Crippen LogP contribution in [-0.4, -0.2) is 36.0 Å². The van der Waals surface area contributed by atoms with Crippen molar-refractivity contribution in [3.05, 3.63) is 36.5 Å². The van der Waals surface area contributed by atoms with E-state index in [4.69, 9.17) is 0 Å². The second kappa shape index (κ2) is 6.49. The van der Waals surface area contributed by atoms with Gasteiger partial charge in [-0.2, -0.15) is 5.10 Å². The molecular weight excluding hydrogens is 308 g/mol. The molecule has 0 radical (unpaired) electrons. The van der Waals surface area contributed by atoms with Gasteiger partial charge in [0.1, 0.15) is 0 Å². The largest absolute Gasteiger partial charge is 0.324 e. The molecule has 0 unspecified atom stereocenters. The van der Waals surface area contributed by atoms with Crippen LogP contribution in [0.1, 0.15) is 19.9 Å². The van der Waals surface area contributed by atoms with Crippen LogP contribution in [0.4, 0.5) is 16.3 Å². The second-order valence-electron chi connectivity index (χ2n) is 5.54. The Morgan fingerprint density at radius 3 is 2.67 bits per heavy atom. The first-order chi connectivity index (χ1) is 11.5. The van der Waals surface area contributed by atoms with Crippen LogP contribution in [0.15, 0.2) is 36.5 Å². The van der Waals surface area contributed by atoms with Crippen LogP contribution in [0.2, 0.25) is 0 Å². The molecule has 2 amide bonds. The van der Waals surface area contributed by atoms with Gasteiger partial charge in [-0.3, -0.25) is 10.00 Å². The van der Waals surface area contributed by atoms with Gasteiger partial charge in [-0.05, 0) is 36.4 Å². The summed E-state index contributed by atoms with van der Waals surface area (Å²) in [7, 11) is 1.78. The molecule has 0 atom stereocenters. The molecule has 2 N–H and O–H groups in total. The number of benzene rings is 1. The number of nitrogens with one attached hydrogen (secondary N) is 2. The molecule has 0 aliphatic rings. The van der Waals surface area contributed by atoms with Crippen molar-refractivity contribution in [2.24, 2.45) is 7.05 Å². The number of anilines is 2. The first-order valence-corrected chi connectivity index (χ1v) is 7.49. The summed E-state index contributed by atoms with van der Waals surface area (Å²) in [6, 6.07) is 8.80. The van der Waals surface area contributed by atoms with E-state index in [9.17, 15) is 4.79 Å². The lowest BCUT2D eigenvalue weighted by Gasteiger charge is -2.12. The molecule has 3 aromatic rings. The van der Waals surface area contributed by atoms with Gasteiger partial charge in [0.2, 0.25) is 0 Å². The lowest BCUT2D eigenvalue weighted by molar-refractivity contribution is 0.262. The average Bonchev–Trinajstić information content (AvgIpc) is 3.17. The van der Waals surface area contributed by atoms with Crippen LogP contribution in [0.5, 0.6) is 0 Å². The van der Waals surface area contributed by atoms with E-state index in [1.54, 1.807) is 34.7 Å². The summed E-state index contributed by atoms with van der Waals surface area (Å²) in [5.41, 5.74) is 1.36. The van der Waals surface area contributed by atoms with Gasteiger partial charge < -0.3 is 5.32 Å². The lowest BCUT2D eigenvalue weighted by Crippen LogP contribution is -2.20. The number of urea groups is 1. The van der Waals surface area contributed by atoms with E-state index in [1.807, 2.05) is 32.0 Å². The van der Waals surface area contributed by atoms with Crippen molar-refractivity contribution in [2.45, 2.75) is 19.9 Å². The van der Waals surface area contributed by atoms with Gasteiger partial charge in [-0.1, -0.05) is 12.1 Å². The summed E-state index contributed by atoms with van der Waals surface area (Å²) in [6.45, 7) is 3.98. The lowest BCUT2D eigenvalue weighted by atomic mass is 10.1. The summed E-state index contributed by atoms with van der Waals surface area (Å²) in [5.74, 6) is 1.07. The van der Waals surface area contributed by atoms with Gasteiger partial charge in [0.05, 0.1) is 11.7 Å². The molecule has 124 valence electrons. The van der Waals surface area contributed by atoms with Gasteiger partial charge in [0, 0.05) is 24.9 Å². The third kappa shape index (κ3) is 3.24. The number of amides is 2. The Morgan fingerprint density at radius 1 is 1.17 bits per heavy atom. The van der Waals surface area contributed by atoms with Gasteiger partial charge in [-0.15, -0.1) is 5.10 Å². The van der Waals surface area contributed by atoms with E-state index >= 15 is 0 Å². The molecule has 3 rings (SSSR count). The zero-order valence-corrected chi connectivity index (χ0v) is 13.6. The fourth-order valence-electron chi connectivity index (χ4n) is 2.26. The Kier molecular flexibility index (Phi) is 4.23. The molecule has 24 heavy (non-hydrogen) atoms. The van der Waals surface area contributed by atoms with E-state index in [2.05, 4.69) is 31.3 Å². The highest BCUT2D eigenvalue weighted by Gasteiger charge is 2.16. The quantitative estimate of drug-likeness (QED) is 0.766. The van der Waals surface area contributed by atoms with Crippen molar-refractivity contribution in [3.63, 3.8) is 0 Å². The number of para-hydroxylation sites is 1. The van der Waals surface area contributed by atoms with E-state index in [0.717, 1.165) is 5.56 Å². The maximum Gasteiger partial charge on any atom is 0.324 e.